The topological polar surface area (TPSA) is 55.1 Å². The van der Waals surface area contributed by atoms with E-state index in [1.165, 1.54) is 12.1 Å². The minimum atomic E-state index is -0.612. The molecular weight excluding hydrogens is 274 g/mol. The van der Waals surface area contributed by atoms with Crippen LogP contribution in [0.25, 0.3) is 0 Å². The molecule has 1 amide bonds. The van der Waals surface area contributed by atoms with Crippen LogP contribution in [0.5, 0.6) is 0 Å². The van der Waals surface area contributed by atoms with Crippen molar-refractivity contribution in [3.05, 3.63) is 35.4 Å². The summed E-state index contributed by atoms with van der Waals surface area (Å²) in [6, 6.07) is 2.81. The van der Waals surface area contributed by atoms with Gasteiger partial charge in [-0.25, -0.2) is 8.78 Å². The van der Waals surface area contributed by atoms with Crippen LogP contribution in [-0.4, -0.2) is 18.5 Å². The summed E-state index contributed by atoms with van der Waals surface area (Å²) in [6.07, 6.45) is 1.84. The van der Waals surface area contributed by atoms with Crippen LogP contribution in [0.4, 0.5) is 8.78 Å². The van der Waals surface area contributed by atoms with Crippen molar-refractivity contribution in [2.75, 3.05) is 6.54 Å². The summed E-state index contributed by atoms with van der Waals surface area (Å²) in [5.74, 6) is -1.45. The van der Waals surface area contributed by atoms with E-state index >= 15 is 0 Å². The highest BCUT2D eigenvalue weighted by Gasteiger charge is 2.11. The number of nitrogens with one attached hydrogen (secondary N) is 1. The Bertz CT molecular complexity index is 395. The summed E-state index contributed by atoms with van der Waals surface area (Å²) in [4.78, 5) is 11.5. The van der Waals surface area contributed by atoms with Gasteiger partial charge in [0.25, 0.3) is 0 Å². The van der Waals surface area contributed by atoms with E-state index in [1.54, 1.807) is 0 Å². The molecule has 19 heavy (non-hydrogen) atoms. The zero-order chi connectivity index (χ0) is 13.5. The maximum Gasteiger partial charge on any atom is 0.236 e. The van der Waals surface area contributed by atoms with Gasteiger partial charge in [0.05, 0.1) is 6.04 Å². The third-order valence-corrected chi connectivity index (χ3v) is 2.57. The molecule has 0 heterocycles. The number of nitrogens with two attached hydrogens (primary N) is 1. The van der Waals surface area contributed by atoms with Crippen LogP contribution < -0.4 is 11.1 Å². The van der Waals surface area contributed by atoms with Crippen molar-refractivity contribution in [3.63, 3.8) is 0 Å². The van der Waals surface area contributed by atoms with Gasteiger partial charge in [-0.15, -0.1) is 12.4 Å². The highest BCUT2D eigenvalue weighted by atomic mass is 35.5. The maximum atomic E-state index is 12.9. The predicted octanol–water partition coefficient (Wildman–Crippen LogP) is 2.17. The van der Waals surface area contributed by atoms with Crippen LogP contribution in [-0.2, 0) is 11.2 Å². The largest absolute Gasteiger partial charge is 0.354 e. The molecule has 1 atom stereocenters. The van der Waals surface area contributed by atoms with E-state index in [1.807, 2.05) is 6.92 Å². The number of carbonyl (C=O) groups is 1. The van der Waals surface area contributed by atoms with Gasteiger partial charge in [0.1, 0.15) is 11.6 Å². The van der Waals surface area contributed by atoms with E-state index in [2.05, 4.69) is 5.32 Å². The summed E-state index contributed by atoms with van der Waals surface area (Å²) >= 11 is 0. The molecule has 1 unspecified atom stereocenters. The number of rotatable bonds is 6. The molecule has 0 bridgehead atoms. The lowest BCUT2D eigenvalue weighted by Gasteiger charge is -2.11. The molecule has 108 valence electrons. The van der Waals surface area contributed by atoms with Gasteiger partial charge in [-0.3, -0.25) is 4.79 Å². The molecule has 0 aliphatic rings. The first-order chi connectivity index (χ1) is 8.52. The smallest absolute Gasteiger partial charge is 0.236 e. The molecule has 3 N–H and O–H groups in total. The molecule has 6 heteroatoms. The van der Waals surface area contributed by atoms with Crippen molar-refractivity contribution in [1.29, 1.82) is 0 Å². The summed E-state index contributed by atoms with van der Waals surface area (Å²) in [7, 11) is 0. The number of benzene rings is 1. The normalized spacial score (nSPS) is 11.6. The van der Waals surface area contributed by atoms with Crippen LogP contribution in [0.3, 0.4) is 0 Å². The molecule has 0 aliphatic carbocycles. The van der Waals surface area contributed by atoms with Gasteiger partial charge < -0.3 is 11.1 Å². The molecule has 0 radical (unpaired) electrons. The Hall–Kier alpha value is -1.20. The molecule has 0 aliphatic heterocycles. The van der Waals surface area contributed by atoms with Gasteiger partial charge in [-0.1, -0.05) is 13.3 Å². The second-order valence-corrected chi connectivity index (χ2v) is 4.21. The molecule has 0 saturated heterocycles. The standard InChI is InChI=1S/C13H18F2N2O.ClH/c1-2-3-12(16)13(18)17-5-4-9-6-10(14)8-11(15)7-9;/h6-8,12H,2-5,16H2,1H3,(H,17,18);1H. The molecule has 0 aromatic heterocycles. The highest BCUT2D eigenvalue weighted by molar-refractivity contribution is 5.85. The SMILES string of the molecule is CCCC(N)C(=O)NCCc1cc(F)cc(F)c1.Cl. The van der Waals surface area contributed by atoms with E-state index in [0.29, 0.717) is 24.9 Å². The zero-order valence-electron chi connectivity index (χ0n) is 10.8. The van der Waals surface area contributed by atoms with Crippen molar-refractivity contribution < 1.29 is 13.6 Å². The van der Waals surface area contributed by atoms with E-state index in [9.17, 15) is 13.6 Å². The number of hydrogen-bond acceptors (Lipinski definition) is 2. The van der Waals surface area contributed by atoms with E-state index in [0.717, 1.165) is 12.5 Å². The molecule has 0 fully saturated rings. The Morgan fingerprint density at radius 2 is 1.89 bits per heavy atom. The van der Waals surface area contributed by atoms with E-state index < -0.39 is 17.7 Å². The number of carbonyl (C=O) groups excluding carboxylic acids is 1. The number of halogens is 3. The number of hydrogen-bond donors (Lipinski definition) is 2. The Morgan fingerprint density at radius 1 is 1.32 bits per heavy atom. The van der Waals surface area contributed by atoms with Crippen LogP contribution in [0.1, 0.15) is 25.3 Å². The van der Waals surface area contributed by atoms with Crippen molar-refractivity contribution in [1.82, 2.24) is 5.32 Å². The van der Waals surface area contributed by atoms with Crippen molar-refractivity contribution in [3.8, 4) is 0 Å². The van der Waals surface area contributed by atoms with Crippen LogP contribution in [0, 0.1) is 11.6 Å². The first-order valence-electron chi connectivity index (χ1n) is 6.01. The van der Waals surface area contributed by atoms with Crippen molar-refractivity contribution in [2.45, 2.75) is 32.2 Å². The third kappa shape index (κ3) is 6.50. The molecule has 0 spiro atoms. The zero-order valence-corrected chi connectivity index (χ0v) is 11.6. The first kappa shape index (κ1) is 17.8. The van der Waals surface area contributed by atoms with Crippen molar-refractivity contribution in [2.24, 2.45) is 5.73 Å². The quantitative estimate of drug-likeness (QED) is 0.844. The molecular formula is C13H19ClF2N2O. The Morgan fingerprint density at radius 3 is 2.42 bits per heavy atom. The predicted molar refractivity (Wildman–Crippen MR) is 73.2 cm³/mol. The lowest BCUT2D eigenvalue weighted by Crippen LogP contribution is -2.41. The fourth-order valence-corrected chi connectivity index (χ4v) is 1.66. The lowest BCUT2D eigenvalue weighted by molar-refractivity contribution is -0.122. The van der Waals surface area contributed by atoms with Crippen LogP contribution in [0.2, 0.25) is 0 Å². The molecule has 1 aromatic carbocycles. The van der Waals surface area contributed by atoms with E-state index in [4.69, 9.17) is 5.73 Å². The monoisotopic (exact) mass is 292 g/mol. The minimum absolute atomic E-state index is 0. The fraction of sp³-hybridized carbons (Fsp3) is 0.462. The number of amides is 1. The molecule has 3 nitrogen and oxygen atoms in total. The average molecular weight is 293 g/mol. The Labute approximate surface area is 118 Å². The van der Waals surface area contributed by atoms with E-state index in [-0.39, 0.29) is 18.3 Å². The van der Waals surface area contributed by atoms with Gasteiger partial charge >= 0.3 is 0 Å². The van der Waals surface area contributed by atoms with Gasteiger partial charge in [-0.05, 0) is 30.5 Å². The maximum absolute atomic E-state index is 12.9. The van der Waals surface area contributed by atoms with Gasteiger partial charge in [0.15, 0.2) is 0 Å². The summed E-state index contributed by atoms with van der Waals surface area (Å²) in [5, 5.41) is 2.65. The van der Waals surface area contributed by atoms with Gasteiger partial charge in [0.2, 0.25) is 5.91 Å². The lowest BCUT2D eigenvalue weighted by atomic mass is 10.1. The first-order valence-corrected chi connectivity index (χ1v) is 6.01. The van der Waals surface area contributed by atoms with Crippen LogP contribution >= 0.6 is 12.4 Å². The minimum Gasteiger partial charge on any atom is -0.354 e. The second-order valence-electron chi connectivity index (χ2n) is 4.21. The second kappa shape index (κ2) is 8.82. The third-order valence-electron chi connectivity index (χ3n) is 2.57. The van der Waals surface area contributed by atoms with Crippen molar-refractivity contribution >= 4 is 18.3 Å². The summed E-state index contributed by atoms with van der Waals surface area (Å²) in [6.45, 7) is 2.27. The summed E-state index contributed by atoms with van der Waals surface area (Å²) in [5.41, 5.74) is 6.13. The summed E-state index contributed by atoms with van der Waals surface area (Å²) < 4.78 is 25.8. The van der Waals surface area contributed by atoms with Gasteiger partial charge in [-0.2, -0.15) is 0 Å². The molecule has 0 saturated carbocycles. The Balaban J connectivity index is 0.00000324. The van der Waals surface area contributed by atoms with Crippen LogP contribution in [0.15, 0.2) is 18.2 Å². The fourth-order valence-electron chi connectivity index (χ4n) is 1.66. The molecule has 1 aromatic rings. The van der Waals surface area contributed by atoms with Gasteiger partial charge in [0, 0.05) is 12.6 Å². The Kier molecular flexibility index (Phi) is 8.27. The highest BCUT2D eigenvalue weighted by Crippen LogP contribution is 2.08. The molecule has 1 rings (SSSR count). The average Bonchev–Trinajstić information content (AvgIpc) is 2.27.